The number of Topliss-reactive ketones (excluding diaryl/α,β-unsaturated/α-hetero) is 1. The molecule has 0 aromatic heterocycles. The average molecular weight is 529 g/mol. The fraction of sp³-hybridized carbons (Fsp3) is 0.556. The van der Waals surface area contributed by atoms with Gasteiger partial charge in [0.1, 0.15) is 12.6 Å². The van der Waals surface area contributed by atoms with Crippen LogP contribution >= 0.6 is 0 Å². The summed E-state index contributed by atoms with van der Waals surface area (Å²) in [4.78, 5) is 79.0. The molecular weight excluding hydrogens is 492 g/mol. The maximum atomic E-state index is 13.3. The van der Waals surface area contributed by atoms with Gasteiger partial charge in [-0.05, 0) is 30.2 Å². The molecule has 1 aliphatic carbocycles. The molecule has 6 amide bonds. The molecule has 1 saturated heterocycles. The van der Waals surface area contributed by atoms with Crippen molar-refractivity contribution in [2.45, 2.75) is 84.5 Å². The Morgan fingerprint density at radius 3 is 2.32 bits per heavy atom. The van der Waals surface area contributed by atoms with E-state index >= 15 is 0 Å². The van der Waals surface area contributed by atoms with Gasteiger partial charge in [-0.25, -0.2) is 14.5 Å². The van der Waals surface area contributed by atoms with Gasteiger partial charge in [-0.3, -0.25) is 24.1 Å². The number of urea groups is 1. The largest absolute Gasteiger partial charge is 0.444 e. The smallest absolute Gasteiger partial charge is 0.419 e. The number of carbonyl (C=O) groups excluding carboxylic acids is 6. The zero-order chi connectivity index (χ0) is 28.0. The van der Waals surface area contributed by atoms with Crippen LogP contribution in [-0.2, 0) is 30.5 Å². The standard InChI is InChI=1S/C27H36N4O7/c1-5-9-19(22(33)24(35)28-18-12-13-18)29-23(34)20-15-30(21(32)14-27(2,3)4)25(36)31(20)26(37)38-16-17-10-7-6-8-11-17/h6-8,10-11,18-20H,5,9,12-16H2,1-4H3,(H,28,35)(H,29,34)/t19-,20-/m0/s1. The number of amides is 6. The molecule has 2 atom stereocenters. The number of benzene rings is 1. The van der Waals surface area contributed by atoms with E-state index in [-0.39, 0.29) is 32.0 Å². The Kier molecular flexibility index (Phi) is 9.24. The number of nitrogens with one attached hydrogen (secondary N) is 2. The predicted molar refractivity (Wildman–Crippen MR) is 136 cm³/mol. The van der Waals surface area contributed by atoms with E-state index in [1.807, 2.05) is 20.8 Å². The Bertz CT molecular complexity index is 1080. The van der Waals surface area contributed by atoms with Crippen molar-refractivity contribution in [1.29, 1.82) is 0 Å². The van der Waals surface area contributed by atoms with E-state index in [0.29, 0.717) is 16.9 Å². The molecule has 38 heavy (non-hydrogen) atoms. The van der Waals surface area contributed by atoms with Crippen molar-refractivity contribution in [3.8, 4) is 0 Å². The maximum absolute atomic E-state index is 13.3. The van der Waals surface area contributed by atoms with Crippen molar-refractivity contribution in [1.82, 2.24) is 20.4 Å². The van der Waals surface area contributed by atoms with Crippen LogP contribution in [0.1, 0.15) is 65.4 Å². The van der Waals surface area contributed by atoms with Gasteiger partial charge in [0.05, 0.1) is 12.6 Å². The van der Waals surface area contributed by atoms with Crippen LogP contribution in [0, 0.1) is 5.41 Å². The first kappa shape index (κ1) is 28.8. The number of hydrogen-bond acceptors (Lipinski definition) is 7. The molecule has 3 rings (SSSR count). The van der Waals surface area contributed by atoms with E-state index in [4.69, 9.17) is 4.74 Å². The monoisotopic (exact) mass is 528 g/mol. The molecule has 2 aliphatic rings. The zero-order valence-electron chi connectivity index (χ0n) is 22.3. The van der Waals surface area contributed by atoms with Crippen LogP contribution in [-0.4, -0.2) is 70.1 Å². The zero-order valence-corrected chi connectivity index (χ0v) is 22.3. The number of carbonyl (C=O) groups is 6. The Labute approximate surface area is 222 Å². The maximum Gasteiger partial charge on any atom is 0.419 e. The van der Waals surface area contributed by atoms with Gasteiger partial charge in [0, 0.05) is 12.5 Å². The summed E-state index contributed by atoms with van der Waals surface area (Å²) in [7, 11) is 0. The SMILES string of the molecule is CCC[C@H](NC(=O)[C@@H]1CN(C(=O)CC(C)(C)C)C(=O)N1C(=O)OCc1ccccc1)C(=O)C(=O)NC1CC1. The van der Waals surface area contributed by atoms with E-state index in [2.05, 4.69) is 10.6 Å². The molecule has 2 fully saturated rings. The topological polar surface area (TPSA) is 142 Å². The van der Waals surface area contributed by atoms with E-state index in [1.165, 1.54) is 0 Å². The molecule has 0 radical (unpaired) electrons. The van der Waals surface area contributed by atoms with Crippen LogP contribution in [0.2, 0.25) is 0 Å². The van der Waals surface area contributed by atoms with E-state index in [9.17, 15) is 28.8 Å². The number of nitrogens with zero attached hydrogens (tertiary/aromatic N) is 2. The summed E-state index contributed by atoms with van der Waals surface area (Å²) in [6, 6.07) is 5.22. The highest BCUT2D eigenvalue weighted by molar-refractivity contribution is 6.38. The van der Waals surface area contributed by atoms with Crippen molar-refractivity contribution in [3.05, 3.63) is 35.9 Å². The summed E-state index contributed by atoms with van der Waals surface area (Å²) >= 11 is 0. The van der Waals surface area contributed by atoms with Gasteiger partial charge in [-0.15, -0.1) is 0 Å². The minimum Gasteiger partial charge on any atom is -0.444 e. The summed E-state index contributed by atoms with van der Waals surface area (Å²) in [6.07, 6.45) is 1.21. The van der Waals surface area contributed by atoms with E-state index in [0.717, 1.165) is 17.7 Å². The van der Waals surface area contributed by atoms with Crippen molar-refractivity contribution in [3.63, 3.8) is 0 Å². The van der Waals surface area contributed by atoms with Gasteiger partial charge in [-0.1, -0.05) is 64.4 Å². The normalized spacial score (nSPS) is 18.1. The highest BCUT2D eigenvalue weighted by Gasteiger charge is 2.49. The summed E-state index contributed by atoms with van der Waals surface area (Å²) in [5.74, 6) is -2.94. The first-order valence-electron chi connectivity index (χ1n) is 12.9. The highest BCUT2D eigenvalue weighted by Crippen LogP contribution is 2.25. The fourth-order valence-corrected chi connectivity index (χ4v) is 4.02. The Morgan fingerprint density at radius 2 is 1.74 bits per heavy atom. The molecule has 206 valence electrons. The van der Waals surface area contributed by atoms with Crippen molar-refractivity contribution in [2.24, 2.45) is 5.41 Å². The second-order valence-corrected chi connectivity index (χ2v) is 10.9. The van der Waals surface area contributed by atoms with Crippen molar-refractivity contribution in [2.75, 3.05) is 6.54 Å². The first-order chi connectivity index (χ1) is 17.9. The third-order valence-electron chi connectivity index (χ3n) is 6.14. The third kappa shape index (κ3) is 7.62. The summed E-state index contributed by atoms with van der Waals surface area (Å²) in [5.41, 5.74) is 0.230. The van der Waals surface area contributed by atoms with Gasteiger partial charge in [0.25, 0.3) is 5.91 Å². The lowest BCUT2D eigenvalue weighted by atomic mass is 9.91. The number of ketones is 1. The van der Waals surface area contributed by atoms with E-state index in [1.54, 1.807) is 37.3 Å². The minimum absolute atomic E-state index is 0.0122. The molecule has 11 heteroatoms. The van der Waals surface area contributed by atoms with Gasteiger partial charge in [0.15, 0.2) is 0 Å². The molecule has 2 N–H and O–H groups in total. The van der Waals surface area contributed by atoms with E-state index < -0.39 is 53.1 Å². The predicted octanol–water partition coefficient (Wildman–Crippen LogP) is 2.52. The summed E-state index contributed by atoms with van der Waals surface area (Å²) in [5, 5.41) is 5.15. The fourth-order valence-electron chi connectivity index (χ4n) is 4.02. The molecule has 1 aromatic rings. The van der Waals surface area contributed by atoms with Crippen LogP contribution in [0.4, 0.5) is 9.59 Å². The first-order valence-corrected chi connectivity index (χ1v) is 12.9. The summed E-state index contributed by atoms with van der Waals surface area (Å²) in [6.45, 7) is 6.75. The quantitative estimate of drug-likeness (QED) is 0.444. The number of rotatable bonds is 10. The average Bonchev–Trinajstić information content (AvgIpc) is 3.60. The number of hydrogen-bond donors (Lipinski definition) is 2. The summed E-state index contributed by atoms with van der Waals surface area (Å²) < 4.78 is 5.30. The lowest BCUT2D eigenvalue weighted by Gasteiger charge is -2.23. The van der Waals surface area contributed by atoms with Crippen LogP contribution < -0.4 is 10.6 Å². The van der Waals surface area contributed by atoms with Crippen LogP contribution in [0.15, 0.2) is 30.3 Å². The van der Waals surface area contributed by atoms with Crippen molar-refractivity contribution >= 4 is 35.6 Å². The van der Waals surface area contributed by atoms with Gasteiger partial charge >= 0.3 is 12.1 Å². The molecule has 1 saturated carbocycles. The van der Waals surface area contributed by atoms with Gasteiger partial charge in [0.2, 0.25) is 17.6 Å². The number of imide groups is 2. The minimum atomic E-state index is -1.42. The molecular formula is C27H36N4O7. The Hall–Kier alpha value is -3.76. The van der Waals surface area contributed by atoms with Crippen LogP contribution in [0.25, 0.3) is 0 Å². The number of ether oxygens (including phenoxy) is 1. The molecule has 0 bridgehead atoms. The molecule has 0 spiro atoms. The molecule has 1 aliphatic heterocycles. The molecule has 1 heterocycles. The lowest BCUT2D eigenvalue weighted by Crippen LogP contribution is -2.54. The van der Waals surface area contributed by atoms with Gasteiger partial charge < -0.3 is 15.4 Å². The molecule has 0 unspecified atom stereocenters. The highest BCUT2D eigenvalue weighted by atomic mass is 16.6. The van der Waals surface area contributed by atoms with Crippen molar-refractivity contribution < 1.29 is 33.5 Å². The Balaban J connectivity index is 1.79. The molecule has 11 nitrogen and oxygen atoms in total. The second-order valence-electron chi connectivity index (χ2n) is 10.9. The van der Waals surface area contributed by atoms with Crippen LogP contribution in [0.3, 0.4) is 0 Å². The second kappa shape index (κ2) is 12.2. The third-order valence-corrected chi connectivity index (χ3v) is 6.14. The Morgan fingerprint density at radius 1 is 1.08 bits per heavy atom. The van der Waals surface area contributed by atoms with Crippen LogP contribution in [0.5, 0.6) is 0 Å². The van der Waals surface area contributed by atoms with Gasteiger partial charge in [-0.2, -0.15) is 0 Å². The molecule has 1 aromatic carbocycles. The lowest BCUT2D eigenvalue weighted by molar-refractivity contribution is -0.140.